The maximum Gasteiger partial charge on any atom is 0.172 e. The summed E-state index contributed by atoms with van der Waals surface area (Å²) in [6, 6.07) is 4.50. The van der Waals surface area contributed by atoms with E-state index in [0.29, 0.717) is 11.9 Å². The number of nitrogens with zero attached hydrogens (tertiary/aromatic N) is 5. The average Bonchev–Trinajstić information content (AvgIpc) is 2.56. The molecule has 2 aromatic heterocycles. The number of rotatable bonds is 3. The number of nitrogen functional groups attached to an aromatic ring is 1. The number of piperidine rings is 1. The Labute approximate surface area is 131 Å². The maximum atomic E-state index is 6.05. The van der Waals surface area contributed by atoms with Gasteiger partial charge >= 0.3 is 0 Å². The van der Waals surface area contributed by atoms with Crippen LogP contribution in [-0.2, 0) is 0 Å². The van der Waals surface area contributed by atoms with Crippen molar-refractivity contribution < 1.29 is 0 Å². The second kappa shape index (κ2) is 6.27. The van der Waals surface area contributed by atoms with Gasteiger partial charge in [0.25, 0.3) is 0 Å². The predicted octanol–water partition coefficient (Wildman–Crippen LogP) is 1.65. The summed E-state index contributed by atoms with van der Waals surface area (Å²) in [6.45, 7) is 1.92. The van der Waals surface area contributed by atoms with Crippen LogP contribution in [0.3, 0.4) is 0 Å². The number of nitrogens with two attached hydrogens (primary N) is 1. The standard InChI is InChI=1S/C16H22N6/c1-21(2)13-5-9-22(10-6-13)16-15(17)19-11-14(20-16)12-3-7-18-8-4-12/h3-4,7-8,11,13H,5-6,9-10H2,1-2H3,(H2,17,19). The highest BCUT2D eigenvalue weighted by molar-refractivity contribution is 5.65. The topological polar surface area (TPSA) is 71.2 Å². The highest BCUT2D eigenvalue weighted by Crippen LogP contribution is 2.26. The molecule has 2 aromatic rings. The number of hydrogen-bond donors (Lipinski definition) is 1. The fourth-order valence-electron chi connectivity index (χ4n) is 2.88. The Bertz CT molecular complexity index is 620. The van der Waals surface area contributed by atoms with Gasteiger partial charge in [0.2, 0.25) is 0 Å². The molecule has 6 heteroatoms. The lowest BCUT2D eigenvalue weighted by Gasteiger charge is -2.36. The minimum absolute atomic E-state index is 0.501. The van der Waals surface area contributed by atoms with E-state index < -0.39 is 0 Å². The first-order valence-corrected chi connectivity index (χ1v) is 7.59. The van der Waals surface area contributed by atoms with Crippen LogP contribution in [0, 0.1) is 0 Å². The molecular weight excluding hydrogens is 276 g/mol. The third-order valence-corrected chi connectivity index (χ3v) is 4.25. The Balaban J connectivity index is 1.82. The molecule has 0 radical (unpaired) electrons. The molecule has 0 aliphatic carbocycles. The molecule has 3 rings (SSSR count). The lowest BCUT2D eigenvalue weighted by atomic mass is 10.0. The van der Waals surface area contributed by atoms with E-state index >= 15 is 0 Å². The lowest BCUT2D eigenvalue weighted by molar-refractivity contribution is 0.249. The summed E-state index contributed by atoms with van der Waals surface area (Å²) < 4.78 is 0. The van der Waals surface area contributed by atoms with Crippen LogP contribution in [-0.4, -0.2) is 53.1 Å². The quantitative estimate of drug-likeness (QED) is 0.929. The van der Waals surface area contributed by atoms with Gasteiger partial charge in [-0.1, -0.05) is 0 Å². The molecule has 0 saturated carbocycles. The minimum Gasteiger partial charge on any atom is -0.381 e. The van der Waals surface area contributed by atoms with Crippen LogP contribution in [0.15, 0.2) is 30.7 Å². The third-order valence-electron chi connectivity index (χ3n) is 4.25. The van der Waals surface area contributed by atoms with Crippen molar-refractivity contribution in [2.24, 2.45) is 0 Å². The summed E-state index contributed by atoms with van der Waals surface area (Å²) in [5.74, 6) is 1.30. The van der Waals surface area contributed by atoms with Gasteiger partial charge in [-0.15, -0.1) is 0 Å². The van der Waals surface area contributed by atoms with Crippen LogP contribution in [0.25, 0.3) is 11.3 Å². The van der Waals surface area contributed by atoms with E-state index in [1.165, 1.54) is 0 Å². The molecule has 0 atom stereocenters. The zero-order chi connectivity index (χ0) is 15.5. The van der Waals surface area contributed by atoms with E-state index in [2.05, 4.69) is 33.9 Å². The van der Waals surface area contributed by atoms with E-state index in [-0.39, 0.29) is 0 Å². The van der Waals surface area contributed by atoms with Gasteiger partial charge in [-0.3, -0.25) is 4.98 Å². The second-order valence-electron chi connectivity index (χ2n) is 5.88. The molecule has 0 amide bonds. The molecule has 0 spiro atoms. The molecule has 0 unspecified atom stereocenters. The third kappa shape index (κ3) is 3.01. The molecule has 22 heavy (non-hydrogen) atoms. The number of hydrogen-bond acceptors (Lipinski definition) is 6. The van der Waals surface area contributed by atoms with E-state index in [9.17, 15) is 0 Å². The molecule has 0 aromatic carbocycles. The summed E-state index contributed by atoms with van der Waals surface area (Å²) in [6.07, 6.45) is 7.48. The van der Waals surface area contributed by atoms with Crippen molar-refractivity contribution in [2.45, 2.75) is 18.9 Å². The first-order chi connectivity index (χ1) is 10.6. The van der Waals surface area contributed by atoms with E-state index in [1.54, 1.807) is 18.6 Å². The fraction of sp³-hybridized carbons (Fsp3) is 0.438. The van der Waals surface area contributed by atoms with Gasteiger partial charge < -0.3 is 15.5 Å². The summed E-state index contributed by atoms with van der Waals surface area (Å²) in [5, 5.41) is 0. The van der Waals surface area contributed by atoms with Crippen molar-refractivity contribution in [1.29, 1.82) is 0 Å². The van der Waals surface area contributed by atoms with Crippen LogP contribution in [0.5, 0.6) is 0 Å². The molecule has 116 valence electrons. The fourth-order valence-corrected chi connectivity index (χ4v) is 2.88. The normalized spacial score (nSPS) is 16.2. The average molecular weight is 298 g/mol. The van der Waals surface area contributed by atoms with E-state index in [0.717, 1.165) is 43.0 Å². The second-order valence-corrected chi connectivity index (χ2v) is 5.88. The van der Waals surface area contributed by atoms with Gasteiger partial charge in [-0.25, -0.2) is 9.97 Å². The van der Waals surface area contributed by atoms with Gasteiger partial charge in [0.1, 0.15) is 0 Å². The monoisotopic (exact) mass is 298 g/mol. The number of aromatic nitrogens is 3. The Morgan fingerprint density at radius 3 is 2.50 bits per heavy atom. The maximum absolute atomic E-state index is 6.05. The van der Waals surface area contributed by atoms with E-state index in [4.69, 9.17) is 10.7 Å². The molecule has 1 saturated heterocycles. The first-order valence-electron chi connectivity index (χ1n) is 7.59. The first kappa shape index (κ1) is 14.7. The Morgan fingerprint density at radius 1 is 1.18 bits per heavy atom. The zero-order valence-corrected chi connectivity index (χ0v) is 13.1. The van der Waals surface area contributed by atoms with Gasteiger partial charge in [-0.05, 0) is 39.1 Å². The number of anilines is 2. The number of pyridine rings is 1. The van der Waals surface area contributed by atoms with Crippen molar-refractivity contribution in [1.82, 2.24) is 19.9 Å². The Morgan fingerprint density at radius 2 is 1.86 bits per heavy atom. The van der Waals surface area contributed by atoms with Crippen molar-refractivity contribution in [3.05, 3.63) is 30.7 Å². The summed E-state index contributed by atoms with van der Waals surface area (Å²) >= 11 is 0. The van der Waals surface area contributed by atoms with Crippen molar-refractivity contribution in [3.63, 3.8) is 0 Å². The molecule has 1 aliphatic heterocycles. The molecule has 1 aliphatic rings. The zero-order valence-electron chi connectivity index (χ0n) is 13.1. The van der Waals surface area contributed by atoms with Gasteiger partial charge in [-0.2, -0.15) is 0 Å². The molecule has 2 N–H and O–H groups in total. The lowest BCUT2D eigenvalue weighted by Crippen LogP contribution is -2.42. The Hall–Kier alpha value is -2.21. The Kier molecular flexibility index (Phi) is 4.20. The highest BCUT2D eigenvalue weighted by Gasteiger charge is 2.23. The molecule has 1 fully saturated rings. The van der Waals surface area contributed by atoms with Crippen LogP contribution in [0.1, 0.15) is 12.8 Å². The molecule has 6 nitrogen and oxygen atoms in total. The summed E-state index contributed by atoms with van der Waals surface area (Å²) in [7, 11) is 4.27. The van der Waals surface area contributed by atoms with Crippen LogP contribution >= 0.6 is 0 Å². The smallest absolute Gasteiger partial charge is 0.172 e. The van der Waals surface area contributed by atoms with Crippen molar-refractivity contribution in [3.8, 4) is 11.3 Å². The van der Waals surface area contributed by atoms with Crippen molar-refractivity contribution in [2.75, 3.05) is 37.8 Å². The highest BCUT2D eigenvalue weighted by atomic mass is 15.2. The van der Waals surface area contributed by atoms with Crippen LogP contribution < -0.4 is 10.6 Å². The van der Waals surface area contributed by atoms with Gasteiger partial charge in [0.15, 0.2) is 11.6 Å². The molecular formula is C16H22N6. The van der Waals surface area contributed by atoms with Crippen LogP contribution in [0.4, 0.5) is 11.6 Å². The van der Waals surface area contributed by atoms with E-state index in [1.807, 2.05) is 12.1 Å². The van der Waals surface area contributed by atoms with Gasteiger partial charge in [0, 0.05) is 37.1 Å². The van der Waals surface area contributed by atoms with Gasteiger partial charge in [0.05, 0.1) is 11.9 Å². The minimum atomic E-state index is 0.501. The van der Waals surface area contributed by atoms with Crippen molar-refractivity contribution >= 4 is 11.6 Å². The summed E-state index contributed by atoms with van der Waals surface area (Å²) in [5.41, 5.74) is 7.90. The summed E-state index contributed by atoms with van der Waals surface area (Å²) in [4.78, 5) is 17.6. The van der Waals surface area contributed by atoms with Crippen LogP contribution in [0.2, 0.25) is 0 Å². The molecule has 0 bridgehead atoms. The largest absolute Gasteiger partial charge is 0.381 e. The molecule has 3 heterocycles. The predicted molar refractivity (Wildman–Crippen MR) is 88.6 cm³/mol. The SMILES string of the molecule is CN(C)C1CCN(c2nc(-c3ccncc3)cnc2N)CC1.